The summed E-state index contributed by atoms with van der Waals surface area (Å²) in [5.41, 5.74) is 0. The quantitative estimate of drug-likeness (QED) is 0.653. The Bertz CT molecular complexity index is 1120. The van der Waals surface area contributed by atoms with E-state index in [0.717, 1.165) is 63.0 Å². The van der Waals surface area contributed by atoms with Crippen LogP contribution in [0.3, 0.4) is 0 Å². The number of urea groups is 1. The Balaban J connectivity index is 1.23. The lowest BCUT2D eigenvalue weighted by Gasteiger charge is -2.41. The minimum Gasteiger partial charge on any atom is -0.489 e. The molecule has 0 aliphatic carbocycles. The van der Waals surface area contributed by atoms with Gasteiger partial charge in [-0.15, -0.1) is 0 Å². The number of nitrogens with zero attached hydrogens (tertiary/aromatic N) is 2. The van der Waals surface area contributed by atoms with Gasteiger partial charge in [0.1, 0.15) is 23.5 Å². The summed E-state index contributed by atoms with van der Waals surface area (Å²) in [7, 11) is -4.06. The zero-order chi connectivity index (χ0) is 24.3. The highest BCUT2D eigenvalue weighted by Gasteiger charge is 2.31. The number of carbonyl (C=O) groups is 1. The number of sulfonamides is 1. The summed E-state index contributed by atoms with van der Waals surface area (Å²) in [4.78, 5) is 16.2. The Hall–Kier alpha value is -2.43. The highest BCUT2D eigenvalue weighted by atomic mass is 35.5. The number of likely N-dealkylation sites (tertiary alicyclic amines) is 2. The van der Waals surface area contributed by atoms with Gasteiger partial charge in [-0.2, -0.15) is 0 Å². The summed E-state index contributed by atoms with van der Waals surface area (Å²) in [5.74, 6) is -0.473. The van der Waals surface area contributed by atoms with E-state index in [1.807, 2.05) is 0 Å². The van der Waals surface area contributed by atoms with E-state index in [4.69, 9.17) is 16.3 Å². The Morgan fingerprint density at radius 2 is 1.56 bits per heavy atom. The summed E-state index contributed by atoms with van der Waals surface area (Å²) >= 11 is 6.05. The number of benzene rings is 2. The molecule has 2 fully saturated rings. The molecular formula is C23H26ClF2N3O4S. The van der Waals surface area contributed by atoms with Crippen molar-refractivity contribution in [1.82, 2.24) is 14.5 Å². The molecule has 7 nitrogen and oxygen atoms in total. The summed E-state index contributed by atoms with van der Waals surface area (Å²) in [6.45, 7) is 2.55. The van der Waals surface area contributed by atoms with Crippen LogP contribution in [-0.4, -0.2) is 62.6 Å². The number of nitrogens with one attached hydrogen (secondary N) is 1. The summed E-state index contributed by atoms with van der Waals surface area (Å²) in [6, 6.07) is 8.04. The first kappa shape index (κ1) is 24.7. The van der Waals surface area contributed by atoms with E-state index in [0.29, 0.717) is 24.9 Å². The van der Waals surface area contributed by atoms with E-state index in [9.17, 15) is 22.0 Å². The van der Waals surface area contributed by atoms with Crippen molar-refractivity contribution < 1.29 is 26.7 Å². The molecule has 1 N–H and O–H groups in total. The molecule has 2 heterocycles. The molecule has 2 aromatic rings. The molecule has 2 saturated heterocycles. The average molecular weight is 514 g/mol. The van der Waals surface area contributed by atoms with Crippen LogP contribution in [0.5, 0.6) is 5.75 Å². The van der Waals surface area contributed by atoms with E-state index in [1.165, 1.54) is 17.0 Å². The Kier molecular flexibility index (Phi) is 7.59. The van der Waals surface area contributed by atoms with Crippen molar-refractivity contribution >= 4 is 27.7 Å². The molecule has 2 aliphatic rings. The molecule has 4 rings (SSSR count). The molecular weight excluding hydrogens is 488 g/mol. The molecule has 0 atom stereocenters. The van der Waals surface area contributed by atoms with Crippen LogP contribution in [0.15, 0.2) is 47.4 Å². The Morgan fingerprint density at radius 1 is 0.941 bits per heavy atom. The van der Waals surface area contributed by atoms with Crippen LogP contribution in [0.25, 0.3) is 0 Å². The number of hydrogen-bond donors (Lipinski definition) is 1. The van der Waals surface area contributed by atoms with Crippen LogP contribution < -0.4 is 9.46 Å². The van der Waals surface area contributed by atoms with Crippen molar-refractivity contribution in [3.8, 4) is 5.75 Å². The number of halogens is 3. The zero-order valence-corrected chi connectivity index (χ0v) is 20.0. The fraction of sp³-hybridized carbons (Fsp3) is 0.435. The molecule has 0 spiro atoms. The standard InChI is InChI=1S/C23H26ClF2N3O4S/c24-21-15-17(26)3-6-22(21)33-19-9-13-28(14-10-19)18-7-11-29(12-8-18)23(30)27-34(31,32)20-4-1-16(25)2-5-20/h1-6,15,18-19H,7-14H2,(H,27,30). The molecule has 0 aromatic heterocycles. The number of amides is 2. The lowest BCUT2D eigenvalue weighted by molar-refractivity contribution is 0.0540. The zero-order valence-electron chi connectivity index (χ0n) is 18.4. The molecule has 0 saturated carbocycles. The van der Waals surface area contributed by atoms with Crippen molar-refractivity contribution in [2.45, 2.75) is 42.7 Å². The topological polar surface area (TPSA) is 79.0 Å². The van der Waals surface area contributed by atoms with Gasteiger partial charge in [0.2, 0.25) is 0 Å². The van der Waals surface area contributed by atoms with Crippen molar-refractivity contribution in [2.75, 3.05) is 26.2 Å². The minimum absolute atomic E-state index is 0.00162. The molecule has 2 aromatic carbocycles. The van der Waals surface area contributed by atoms with E-state index in [2.05, 4.69) is 9.62 Å². The monoisotopic (exact) mass is 513 g/mol. The smallest absolute Gasteiger partial charge is 0.331 e. The number of carbonyl (C=O) groups excluding carboxylic acids is 1. The SMILES string of the molecule is O=C(NS(=O)(=O)c1ccc(F)cc1)N1CCC(N2CCC(Oc3ccc(F)cc3Cl)CC2)CC1. The predicted molar refractivity (Wildman–Crippen MR) is 123 cm³/mol. The molecule has 0 unspecified atom stereocenters. The Labute approximate surface area is 202 Å². The Morgan fingerprint density at radius 3 is 2.18 bits per heavy atom. The number of hydrogen-bond acceptors (Lipinski definition) is 5. The van der Waals surface area contributed by atoms with Crippen LogP contribution in [0.4, 0.5) is 13.6 Å². The largest absolute Gasteiger partial charge is 0.489 e. The minimum atomic E-state index is -4.06. The van der Waals surface area contributed by atoms with Crippen LogP contribution in [0.1, 0.15) is 25.7 Å². The molecule has 0 bridgehead atoms. The highest BCUT2D eigenvalue weighted by molar-refractivity contribution is 7.90. The predicted octanol–water partition coefficient (Wildman–Crippen LogP) is 4.02. The highest BCUT2D eigenvalue weighted by Crippen LogP contribution is 2.29. The fourth-order valence-corrected chi connectivity index (χ4v) is 5.58. The molecule has 2 aliphatic heterocycles. The van der Waals surface area contributed by atoms with Crippen molar-refractivity contribution in [3.05, 3.63) is 59.1 Å². The molecule has 2 amide bonds. The maximum absolute atomic E-state index is 13.2. The van der Waals surface area contributed by atoms with Gasteiger partial charge in [-0.05, 0) is 68.1 Å². The first-order valence-electron chi connectivity index (χ1n) is 11.1. The van der Waals surface area contributed by atoms with Crippen LogP contribution in [-0.2, 0) is 10.0 Å². The third-order valence-electron chi connectivity index (χ3n) is 6.28. The average Bonchev–Trinajstić information content (AvgIpc) is 2.81. The van der Waals surface area contributed by atoms with Gasteiger partial charge in [-0.1, -0.05) is 11.6 Å². The van der Waals surface area contributed by atoms with Crippen molar-refractivity contribution in [1.29, 1.82) is 0 Å². The first-order chi connectivity index (χ1) is 16.2. The van der Waals surface area contributed by atoms with Crippen molar-refractivity contribution in [3.63, 3.8) is 0 Å². The van der Waals surface area contributed by atoms with Gasteiger partial charge < -0.3 is 9.64 Å². The second-order valence-corrected chi connectivity index (χ2v) is 10.6. The normalized spacial score (nSPS) is 18.6. The maximum atomic E-state index is 13.2. The first-order valence-corrected chi connectivity index (χ1v) is 13.0. The van der Waals surface area contributed by atoms with Gasteiger partial charge in [-0.25, -0.2) is 26.7 Å². The van der Waals surface area contributed by atoms with E-state index >= 15 is 0 Å². The number of ether oxygens (including phenoxy) is 1. The van der Waals surface area contributed by atoms with Gasteiger partial charge in [0, 0.05) is 32.2 Å². The van der Waals surface area contributed by atoms with Gasteiger partial charge in [0.15, 0.2) is 0 Å². The van der Waals surface area contributed by atoms with Gasteiger partial charge in [-0.3, -0.25) is 4.90 Å². The fourth-order valence-electron chi connectivity index (χ4n) is 4.40. The summed E-state index contributed by atoms with van der Waals surface area (Å²) in [5, 5.41) is 0.259. The van der Waals surface area contributed by atoms with Gasteiger partial charge >= 0.3 is 6.03 Å². The third kappa shape index (κ3) is 5.97. The van der Waals surface area contributed by atoms with E-state index in [1.54, 1.807) is 6.07 Å². The van der Waals surface area contributed by atoms with E-state index < -0.39 is 27.7 Å². The van der Waals surface area contributed by atoms with Crippen LogP contribution >= 0.6 is 11.6 Å². The van der Waals surface area contributed by atoms with Gasteiger partial charge in [0.05, 0.1) is 9.92 Å². The summed E-state index contributed by atoms with van der Waals surface area (Å²) < 4.78 is 59.0. The maximum Gasteiger partial charge on any atom is 0.331 e. The lowest BCUT2D eigenvalue weighted by atomic mass is 9.99. The molecule has 0 radical (unpaired) electrons. The second kappa shape index (κ2) is 10.5. The third-order valence-corrected chi connectivity index (χ3v) is 7.91. The van der Waals surface area contributed by atoms with Crippen molar-refractivity contribution in [2.24, 2.45) is 0 Å². The van der Waals surface area contributed by atoms with Gasteiger partial charge in [0.25, 0.3) is 10.0 Å². The number of piperidine rings is 2. The molecule has 34 heavy (non-hydrogen) atoms. The van der Waals surface area contributed by atoms with E-state index in [-0.39, 0.29) is 16.0 Å². The molecule has 11 heteroatoms. The molecule has 184 valence electrons. The summed E-state index contributed by atoms with van der Waals surface area (Å²) in [6.07, 6.45) is 3.09. The van der Waals surface area contributed by atoms with Crippen LogP contribution in [0, 0.1) is 11.6 Å². The lowest BCUT2D eigenvalue weighted by Crippen LogP contribution is -2.52. The second-order valence-electron chi connectivity index (χ2n) is 8.51. The van der Waals surface area contributed by atoms with Crippen LogP contribution in [0.2, 0.25) is 5.02 Å². The number of rotatable bonds is 5.